The van der Waals surface area contributed by atoms with Gasteiger partial charge in [0.15, 0.2) is 0 Å². The molecule has 1 aliphatic heterocycles. The summed E-state index contributed by atoms with van der Waals surface area (Å²) in [6, 6.07) is 2.11. The van der Waals surface area contributed by atoms with Gasteiger partial charge in [-0.2, -0.15) is 0 Å². The first-order valence-electron chi connectivity index (χ1n) is 7.95. The van der Waals surface area contributed by atoms with Crippen molar-refractivity contribution in [2.24, 2.45) is 0 Å². The van der Waals surface area contributed by atoms with Crippen molar-refractivity contribution in [3.05, 3.63) is 33.5 Å². The molecule has 5 nitrogen and oxygen atoms in total. The van der Waals surface area contributed by atoms with Gasteiger partial charge in [-0.1, -0.05) is 6.92 Å². The van der Waals surface area contributed by atoms with E-state index in [2.05, 4.69) is 36.8 Å². The summed E-state index contributed by atoms with van der Waals surface area (Å²) in [5.74, 6) is 0.750. The van der Waals surface area contributed by atoms with Gasteiger partial charge in [0.05, 0.1) is 23.4 Å². The first-order chi connectivity index (χ1) is 11.0. The molecule has 0 radical (unpaired) electrons. The second kappa shape index (κ2) is 5.11. The summed E-state index contributed by atoms with van der Waals surface area (Å²) in [7, 11) is 0. The molecule has 4 rings (SSSR count). The van der Waals surface area contributed by atoms with Crippen molar-refractivity contribution < 1.29 is 4.74 Å². The number of hydrogen-bond acceptors (Lipinski definition) is 5. The van der Waals surface area contributed by atoms with Crippen LogP contribution in [0.25, 0.3) is 20.4 Å². The molecule has 4 heterocycles. The van der Waals surface area contributed by atoms with Crippen LogP contribution < -0.4 is 5.56 Å². The molecule has 0 saturated carbocycles. The van der Waals surface area contributed by atoms with Crippen molar-refractivity contribution >= 4 is 31.8 Å². The van der Waals surface area contributed by atoms with E-state index in [9.17, 15) is 4.79 Å². The van der Waals surface area contributed by atoms with E-state index in [0.29, 0.717) is 11.3 Å². The Kier molecular flexibility index (Phi) is 3.28. The second-order valence-corrected chi connectivity index (χ2v) is 7.71. The highest BCUT2D eigenvalue weighted by atomic mass is 32.1. The Labute approximate surface area is 137 Å². The van der Waals surface area contributed by atoms with Crippen molar-refractivity contribution in [2.75, 3.05) is 0 Å². The van der Waals surface area contributed by atoms with E-state index >= 15 is 0 Å². The van der Waals surface area contributed by atoms with E-state index in [-0.39, 0.29) is 11.2 Å². The zero-order chi connectivity index (χ0) is 16.2. The predicted molar refractivity (Wildman–Crippen MR) is 92.1 cm³/mol. The zero-order valence-corrected chi connectivity index (χ0v) is 14.3. The van der Waals surface area contributed by atoms with Crippen molar-refractivity contribution in [1.82, 2.24) is 15.0 Å². The zero-order valence-electron chi connectivity index (χ0n) is 13.5. The Morgan fingerprint density at radius 1 is 1.39 bits per heavy atom. The fraction of sp³-hybridized carbons (Fsp3) is 0.471. The number of rotatable bonds is 2. The highest BCUT2D eigenvalue weighted by molar-refractivity contribution is 7.25. The number of aromatic amines is 1. The molecule has 120 valence electrons. The Morgan fingerprint density at radius 3 is 3.00 bits per heavy atom. The van der Waals surface area contributed by atoms with Gasteiger partial charge in [-0.3, -0.25) is 4.79 Å². The van der Waals surface area contributed by atoms with Gasteiger partial charge in [-0.15, -0.1) is 11.3 Å². The van der Waals surface area contributed by atoms with Gasteiger partial charge in [-0.25, -0.2) is 9.97 Å². The SMILES string of the molecule is CCCc1nc2c(sc3nc4c(cc32)COC(C)(C)C4)c(=O)[nH]1. The number of fused-ring (bicyclic) bond motifs is 4. The molecule has 0 atom stereocenters. The molecule has 3 aromatic rings. The molecule has 0 saturated heterocycles. The summed E-state index contributed by atoms with van der Waals surface area (Å²) < 4.78 is 6.55. The lowest BCUT2D eigenvalue weighted by Crippen LogP contribution is -2.32. The van der Waals surface area contributed by atoms with Crippen molar-refractivity contribution in [1.29, 1.82) is 0 Å². The summed E-state index contributed by atoms with van der Waals surface area (Å²) in [4.78, 5) is 25.6. The molecule has 23 heavy (non-hydrogen) atoms. The van der Waals surface area contributed by atoms with Gasteiger partial charge >= 0.3 is 0 Å². The number of aryl methyl sites for hydroxylation is 1. The summed E-state index contributed by atoms with van der Waals surface area (Å²) in [5, 5.41) is 0.968. The van der Waals surface area contributed by atoms with Crippen LogP contribution in [0.3, 0.4) is 0 Å². The highest BCUT2D eigenvalue weighted by Crippen LogP contribution is 2.34. The van der Waals surface area contributed by atoms with Crippen molar-refractivity contribution in [3.8, 4) is 0 Å². The maximum absolute atomic E-state index is 12.3. The van der Waals surface area contributed by atoms with Gasteiger partial charge in [0, 0.05) is 23.8 Å². The smallest absolute Gasteiger partial charge is 0.268 e. The van der Waals surface area contributed by atoms with Crippen LogP contribution >= 0.6 is 11.3 Å². The molecule has 1 N–H and O–H groups in total. The molecule has 0 bridgehead atoms. The third-order valence-corrected chi connectivity index (χ3v) is 5.32. The Hall–Kier alpha value is -1.79. The summed E-state index contributed by atoms with van der Waals surface area (Å²) in [6.45, 7) is 6.80. The van der Waals surface area contributed by atoms with Crippen molar-refractivity contribution in [2.45, 2.75) is 52.2 Å². The van der Waals surface area contributed by atoms with Crippen LogP contribution in [0, 0.1) is 0 Å². The number of nitrogens with zero attached hydrogens (tertiary/aromatic N) is 2. The van der Waals surface area contributed by atoms with E-state index in [1.807, 2.05) is 0 Å². The Balaban J connectivity index is 1.97. The maximum atomic E-state index is 12.3. The number of pyridine rings is 1. The van der Waals surface area contributed by atoms with Crippen LogP contribution in [-0.2, 0) is 24.2 Å². The predicted octanol–water partition coefficient (Wildman–Crippen LogP) is 3.34. The highest BCUT2D eigenvalue weighted by Gasteiger charge is 2.28. The lowest BCUT2D eigenvalue weighted by Gasteiger charge is -2.30. The normalized spacial score (nSPS) is 16.8. The minimum absolute atomic E-state index is 0.0593. The molecule has 0 amide bonds. The lowest BCUT2D eigenvalue weighted by atomic mass is 9.95. The Morgan fingerprint density at radius 2 is 2.22 bits per heavy atom. The third kappa shape index (κ3) is 2.46. The number of ether oxygens (including phenoxy) is 1. The van der Waals surface area contributed by atoms with Gasteiger partial charge < -0.3 is 9.72 Å². The molecule has 0 aliphatic carbocycles. The average Bonchev–Trinajstić information content (AvgIpc) is 2.83. The van der Waals surface area contributed by atoms with Gasteiger partial charge in [0.2, 0.25) is 0 Å². The topological polar surface area (TPSA) is 67.9 Å². The third-order valence-electron chi connectivity index (χ3n) is 4.23. The van der Waals surface area contributed by atoms with E-state index in [0.717, 1.165) is 52.1 Å². The van der Waals surface area contributed by atoms with E-state index in [1.165, 1.54) is 11.3 Å². The molecule has 0 fully saturated rings. The Bertz CT molecular complexity index is 971. The minimum atomic E-state index is -0.186. The van der Waals surface area contributed by atoms with Crippen LogP contribution in [0.5, 0.6) is 0 Å². The van der Waals surface area contributed by atoms with Crippen LogP contribution in [-0.4, -0.2) is 20.6 Å². The number of aromatic nitrogens is 3. The van der Waals surface area contributed by atoms with Gasteiger partial charge in [0.1, 0.15) is 15.4 Å². The maximum Gasteiger partial charge on any atom is 0.268 e. The monoisotopic (exact) mass is 329 g/mol. The molecule has 1 aliphatic rings. The number of nitrogens with one attached hydrogen (secondary N) is 1. The van der Waals surface area contributed by atoms with Gasteiger partial charge in [-0.05, 0) is 26.3 Å². The fourth-order valence-electron chi connectivity index (χ4n) is 3.06. The minimum Gasteiger partial charge on any atom is -0.370 e. The fourth-order valence-corrected chi connectivity index (χ4v) is 4.08. The molecular weight excluding hydrogens is 310 g/mol. The van der Waals surface area contributed by atoms with Crippen LogP contribution in [0.15, 0.2) is 10.9 Å². The van der Waals surface area contributed by atoms with E-state index < -0.39 is 0 Å². The lowest BCUT2D eigenvalue weighted by molar-refractivity contribution is -0.0411. The van der Waals surface area contributed by atoms with Crippen molar-refractivity contribution in [3.63, 3.8) is 0 Å². The molecule has 0 spiro atoms. The van der Waals surface area contributed by atoms with E-state index in [1.54, 1.807) is 0 Å². The first-order valence-corrected chi connectivity index (χ1v) is 8.76. The molecule has 6 heteroatoms. The summed E-state index contributed by atoms with van der Waals surface area (Å²) in [5.41, 5.74) is 2.71. The molecule has 0 aromatic carbocycles. The first kappa shape index (κ1) is 14.8. The largest absolute Gasteiger partial charge is 0.370 e. The summed E-state index contributed by atoms with van der Waals surface area (Å²) >= 11 is 1.43. The van der Waals surface area contributed by atoms with Crippen LogP contribution in [0.1, 0.15) is 44.3 Å². The van der Waals surface area contributed by atoms with Gasteiger partial charge in [0.25, 0.3) is 5.56 Å². The standard InChI is InChI=1S/C17H19N3O2S/c1-4-5-12-19-13-10-6-9-8-22-17(2,3)7-11(9)18-16(10)23-14(13)15(21)20-12/h6H,4-5,7-8H2,1-3H3,(H,19,20,21). The number of H-pyrrole nitrogens is 1. The average molecular weight is 329 g/mol. The summed E-state index contributed by atoms with van der Waals surface area (Å²) in [6.07, 6.45) is 2.52. The molecular formula is C17H19N3O2S. The quantitative estimate of drug-likeness (QED) is 0.783. The molecule has 0 unspecified atom stereocenters. The van der Waals surface area contributed by atoms with Crippen LogP contribution in [0.2, 0.25) is 0 Å². The molecule has 3 aromatic heterocycles. The number of hydrogen-bond donors (Lipinski definition) is 1. The number of thiophene rings is 1. The second-order valence-electron chi connectivity index (χ2n) is 6.71. The van der Waals surface area contributed by atoms with Crippen LogP contribution in [0.4, 0.5) is 0 Å². The van der Waals surface area contributed by atoms with E-state index in [4.69, 9.17) is 9.72 Å².